The molecule has 0 atom stereocenters. The van der Waals surface area contributed by atoms with Gasteiger partial charge in [0.1, 0.15) is 0 Å². The molecule has 0 heterocycles. The Morgan fingerprint density at radius 3 is 2.23 bits per heavy atom. The molecular weight excluding hydrogens is 228 g/mol. The maximum absolute atomic E-state index is 6.03. The molecule has 0 saturated heterocycles. The van der Waals surface area contributed by atoms with Crippen molar-refractivity contribution in [3.05, 3.63) is 0 Å². The van der Waals surface area contributed by atoms with Crippen LogP contribution in [0.15, 0.2) is 0 Å². The van der Waals surface area contributed by atoms with Crippen molar-refractivity contribution in [1.29, 1.82) is 0 Å². The summed E-state index contributed by atoms with van der Waals surface area (Å²) in [6.07, 6.45) is 5.67. The average Bonchev–Trinajstić information content (AvgIpc) is 2.09. The van der Waals surface area contributed by atoms with Crippen molar-refractivity contribution in [3.63, 3.8) is 0 Å². The maximum Gasteiger partial charge on any atom is 0.0726 e. The van der Waals surface area contributed by atoms with Gasteiger partial charge in [0.15, 0.2) is 0 Å². The van der Waals surface area contributed by atoms with Crippen LogP contribution >= 0.6 is 15.9 Å². The van der Waals surface area contributed by atoms with Crippen LogP contribution in [-0.4, -0.2) is 17.0 Å². The van der Waals surface area contributed by atoms with Gasteiger partial charge in [-0.25, -0.2) is 0 Å². The summed E-state index contributed by atoms with van der Waals surface area (Å²) in [6, 6.07) is 0. The van der Waals surface area contributed by atoms with Gasteiger partial charge >= 0.3 is 0 Å². The van der Waals surface area contributed by atoms with Crippen LogP contribution in [0.2, 0.25) is 0 Å². The van der Waals surface area contributed by atoms with Gasteiger partial charge in [0.05, 0.1) is 11.7 Å². The Labute approximate surface area is 90.4 Å². The Morgan fingerprint density at radius 2 is 1.77 bits per heavy atom. The Balaban J connectivity index is 2.30. The summed E-state index contributed by atoms with van der Waals surface area (Å²) in [4.78, 5) is 0. The molecule has 0 bridgehead atoms. The molecule has 0 N–H and O–H groups in total. The molecule has 1 fully saturated rings. The molecule has 1 saturated carbocycles. The molecule has 2 heteroatoms. The zero-order valence-electron chi connectivity index (χ0n) is 8.98. The van der Waals surface area contributed by atoms with Gasteiger partial charge in [0, 0.05) is 5.33 Å². The Kier molecular flexibility index (Phi) is 4.24. The van der Waals surface area contributed by atoms with Gasteiger partial charge in [0.2, 0.25) is 0 Å². The lowest BCUT2D eigenvalue weighted by Crippen LogP contribution is -2.34. The first-order valence-electron chi connectivity index (χ1n) is 5.27. The lowest BCUT2D eigenvalue weighted by Gasteiger charge is -2.33. The molecule has 0 aromatic carbocycles. The van der Waals surface area contributed by atoms with Gasteiger partial charge in [-0.15, -0.1) is 0 Å². The van der Waals surface area contributed by atoms with E-state index >= 15 is 0 Å². The summed E-state index contributed by atoms with van der Waals surface area (Å²) in [5.74, 6) is 0.909. The first kappa shape index (κ1) is 11.5. The van der Waals surface area contributed by atoms with Crippen molar-refractivity contribution in [2.24, 2.45) is 5.92 Å². The minimum Gasteiger partial charge on any atom is -0.371 e. The highest BCUT2D eigenvalue weighted by molar-refractivity contribution is 9.09. The molecule has 78 valence electrons. The zero-order chi connectivity index (χ0) is 9.90. The van der Waals surface area contributed by atoms with Crippen LogP contribution in [0.3, 0.4) is 0 Å². The molecule has 0 unspecified atom stereocenters. The third-order valence-electron chi connectivity index (χ3n) is 2.77. The van der Waals surface area contributed by atoms with E-state index in [0.29, 0.717) is 6.10 Å². The minimum absolute atomic E-state index is 0.00520. The van der Waals surface area contributed by atoms with Crippen LogP contribution in [0.5, 0.6) is 0 Å². The van der Waals surface area contributed by atoms with E-state index in [1.54, 1.807) is 0 Å². The van der Waals surface area contributed by atoms with E-state index in [0.717, 1.165) is 11.2 Å². The van der Waals surface area contributed by atoms with Crippen molar-refractivity contribution >= 4 is 15.9 Å². The second-order valence-electron chi connectivity index (χ2n) is 4.89. The third kappa shape index (κ3) is 3.99. The molecule has 0 aliphatic heterocycles. The van der Waals surface area contributed by atoms with Crippen molar-refractivity contribution in [3.8, 4) is 0 Å². The summed E-state index contributed by atoms with van der Waals surface area (Å²) in [5.41, 5.74) is 0.00520. The predicted molar refractivity (Wildman–Crippen MR) is 60.4 cm³/mol. The van der Waals surface area contributed by atoms with Crippen molar-refractivity contribution in [2.45, 2.75) is 58.2 Å². The number of alkyl halides is 1. The molecule has 0 radical (unpaired) electrons. The van der Waals surface area contributed by atoms with Gasteiger partial charge in [-0.3, -0.25) is 0 Å². The summed E-state index contributed by atoms with van der Waals surface area (Å²) in [5, 5.41) is 0.923. The summed E-state index contributed by atoms with van der Waals surface area (Å²) in [7, 11) is 0. The van der Waals surface area contributed by atoms with Crippen molar-refractivity contribution in [2.75, 3.05) is 5.33 Å². The fourth-order valence-electron chi connectivity index (χ4n) is 1.83. The number of hydrogen-bond donors (Lipinski definition) is 0. The Morgan fingerprint density at radius 1 is 1.23 bits per heavy atom. The van der Waals surface area contributed by atoms with Gasteiger partial charge in [-0.05, 0) is 45.4 Å². The van der Waals surface area contributed by atoms with Crippen LogP contribution in [-0.2, 0) is 4.74 Å². The monoisotopic (exact) mass is 248 g/mol. The van der Waals surface area contributed by atoms with Gasteiger partial charge in [-0.1, -0.05) is 22.9 Å². The average molecular weight is 249 g/mol. The van der Waals surface area contributed by atoms with Crippen molar-refractivity contribution < 1.29 is 4.74 Å². The molecule has 0 aromatic rings. The fraction of sp³-hybridized carbons (Fsp3) is 1.00. The first-order chi connectivity index (χ1) is 6.03. The SMILES string of the molecule is CC1CCC(OC(C)(C)CBr)CC1. The van der Waals surface area contributed by atoms with E-state index in [4.69, 9.17) is 4.74 Å². The Hall–Kier alpha value is 0.440. The highest BCUT2D eigenvalue weighted by atomic mass is 79.9. The van der Waals surface area contributed by atoms with E-state index in [1.165, 1.54) is 25.7 Å². The molecule has 1 rings (SSSR count). The first-order valence-corrected chi connectivity index (χ1v) is 6.39. The standard InChI is InChI=1S/C11H21BrO/c1-9-4-6-10(7-5-9)13-11(2,3)8-12/h9-10H,4-8H2,1-3H3. The molecule has 1 aliphatic carbocycles. The topological polar surface area (TPSA) is 9.23 Å². The minimum atomic E-state index is 0.00520. The lowest BCUT2D eigenvalue weighted by atomic mass is 9.88. The Bertz CT molecular complexity index is 148. The van der Waals surface area contributed by atoms with E-state index in [2.05, 4.69) is 36.7 Å². The van der Waals surface area contributed by atoms with Gasteiger partial charge in [0.25, 0.3) is 0 Å². The van der Waals surface area contributed by atoms with E-state index < -0.39 is 0 Å². The summed E-state index contributed by atoms with van der Waals surface area (Å²) < 4.78 is 6.03. The molecule has 0 spiro atoms. The van der Waals surface area contributed by atoms with Crippen LogP contribution in [0, 0.1) is 5.92 Å². The molecule has 0 amide bonds. The quantitative estimate of drug-likeness (QED) is 0.692. The maximum atomic E-state index is 6.03. The van der Waals surface area contributed by atoms with Crippen LogP contribution in [0.4, 0.5) is 0 Å². The van der Waals surface area contributed by atoms with Gasteiger partial charge in [-0.2, -0.15) is 0 Å². The van der Waals surface area contributed by atoms with Gasteiger partial charge < -0.3 is 4.74 Å². The smallest absolute Gasteiger partial charge is 0.0726 e. The number of hydrogen-bond acceptors (Lipinski definition) is 1. The van der Waals surface area contributed by atoms with Crippen LogP contribution in [0.1, 0.15) is 46.5 Å². The third-order valence-corrected chi connectivity index (χ3v) is 4.12. The fourth-order valence-corrected chi connectivity index (χ4v) is 1.96. The van der Waals surface area contributed by atoms with E-state index in [1.807, 2.05) is 0 Å². The number of rotatable bonds is 3. The molecule has 1 aliphatic rings. The lowest BCUT2D eigenvalue weighted by molar-refractivity contribution is -0.0740. The number of halogens is 1. The second kappa shape index (κ2) is 4.79. The normalized spacial score (nSPS) is 30.5. The second-order valence-corrected chi connectivity index (χ2v) is 5.45. The summed E-state index contributed by atoms with van der Waals surface area (Å²) >= 11 is 3.48. The van der Waals surface area contributed by atoms with E-state index in [-0.39, 0.29) is 5.60 Å². The largest absolute Gasteiger partial charge is 0.371 e. The molecule has 0 aromatic heterocycles. The summed E-state index contributed by atoms with van der Waals surface area (Å²) in [6.45, 7) is 6.64. The van der Waals surface area contributed by atoms with E-state index in [9.17, 15) is 0 Å². The highest BCUT2D eigenvalue weighted by Crippen LogP contribution is 2.28. The number of ether oxygens (including phenoxy) is 1. The molecular formula is C11H21BrO. The molecule has 1 nitrogen and oxygen atoms in total. The van der Waals surface area contributed by atoms with Crippen LogP contribution in [0.25, 0.3) is 0 Å². The zero-order valence-corrected chi connectivity index (χ0v) is 10.6. The molecule has 13 heavy (non-hydrogen) atoms. The predicted octanol–water partition coefficient (Wildman–Crippen LogP) is 3.76. The highest BCUT2D eigenvalue weighted by Gasteiger charge is 2.25. The van der Waals surface area contributed by atoms with Crippen LogP contribution < -0.4 is 0 Å². The van der Waals surface area contributed by atoms with Crippen molar-refractivity contribution in [1.82, 2.24) is 0 Å².